The van der Waals surface area contributed by atoms with Crippen LogP contribution in [0.1, 0.15) is 92.4 Å². The third-order valence-corrected chi connectivity index (χ3v) is 8.07. The minimum absolute atomic E-state index is 0.0338. The summed E-state index contributed by atoms with van der Waals surface area (Å²) in [6.07, 6.45) is 6.99. The molecule has 7 nitrogen and oxygen atoms in total. The van der Waals surface area contributed by atoms with Crippen molar-refractivity contribution in [3.63, 3.8) is 0 Å². The molecule has 1 aliphatic heterocycles. The summed E-state index contributed by atoms with van der Waals surface area (Å²) in [6.45, 7) is 4.96. The normalized spacial score (nSPS) is 23.6. The molecule has 3 aromatic rings. The van der Waals surface area contributed by atoms with Crippen molar-refractivity contribution in [1.82, 2.24) is 19.5 Å². The number of hydrogen-bond acceptors (Lipinski definition) is 5. The molecule has 0 unspecified atom stereocenters. The van der Waals surface area contributed by atoms with Crippen molar-refractivity contribution in [2.45, 2.75) is 76.7 Å². The van der Waals surface area contributed by atoms with E-state index < -0.39 is 0 Å². The Morgan fingerprint density at radius 1 is 1.14 bits per heavy atom. The fourth-order valence-corrected chi connectivity index (χ4v) is 5.72. The van der Waals surface area contributed by atoms with Crippen LogP contribution in [0.2, 0.25) is 0 Å². The van der Waals surface area contributed by atoms with Crippen LogP contribution < -0.4 is 0 Å². The van der Waals surface area contributed by atoms with Crippen LogP contribution in [0.4, 0.5) is 4.39 Å². The zero-order valence-corrected chi connectivity index (χ0v) is 21.5. The molecule has 0 N–H and O–H groups in total. The van der Waals surface area contributed by atoms with Gasteiger partial charge in [0.15, 0.2) is 5.65 Å². The summed E-state index contributed by atoms with van der Waals surface area (Å²) in [5.74, 6) is -0.780. The molecule has 3 heterocycles. The highest BCUT2D eigenvalue weighted by Gasteiger charge is 2.46. The maximum absolute atomic E-state index is 15.7. The fraction of sp³-hybridized carbons (Fsp3) is 0.517. The van der Waals surface area contributed by atoms with Gasteiger partial charge < -0.3 is 9.64 Å². The highest BCUT2D eigenvalue weighted by atomic mass is 19.1. The molecule has 3 aliphatic rings. The molecule has 3 atom stereocenters. The van der Waals surface area contributed by atoms with Gasteiger partial charge in [-0.05, 0) is 63.6 Å². The molecule has 0 bridgehead atoms. The van der Waals surface area contributed by atoms with Crippen LogP contribution in [-0.4, -0.2) is 50.6 Å². The maximum Gasteiger partial charge on any atom is 0.309 e. The highest BCUT2D eigenvalue weighted by molar-refractivity contribution is 5.93. The molecule has 3 fully saturated rings. The second-order valence-corrected chi connectivity index (χ2v) is 10.7. The monoisotopic (exact) mass is 504 g/mol. The molecular formula is C29H33FN4O3. The molecule has 194 valence electrons. The molecule has 0 radical (unpaired) electrons. The van der Waals surface area contributed by atoms with Gasteiger partial charge in [0.25, 0.3) is 5.91 Å². The van der Waals surface area contributed by atoms with Gasteiger partial charge in [-0.2, -0.15) is 5.10 Å². The van der Waals surface area contributed by atoms with Crippen molar-refractivity contribution in [3.05, 3.63) is 53.1 Å². The van der Waals surface area contributed by atoms with E-state index in [0.29, 0.717) is 47.1 Å². The van der Waals surface area contributed by atoms with Gasteiger partial charge >= 0.3 is 5.97 Å². The van der Waals surface area contributed by atoms with Crippen LogP contribution in [0.3, 0.4) is 0 Å². The van der Waals surface area contributed by atoms with E-state index in [1.54, 1.807) is 29.6 Å². The molecule has 1 aromatic carbocycles. The molecule has 0 spiro atoms. The molecule has 1 amide bonds. The Morgan fingerprint density at radius 2 is 1.97 bits per heavy atom. The van der Waals surface area contributed by atoms with Gasteiger partial charge in [0.05, 0.1) is 18.2 Å². The van der Waals surface area contributed by atoms with Crippen LogP contribution in [-0.2, 0) is 9.53 Å². The Kier molecular flexibility index (Phi) is 6.21. The average Bonchev–Trinajstić information content (AvgIpc) is 3.80. The summed E-state index contributed by atoms with van der Waals surface area (Å²) in [4.78, 5) is 32.3. The number of ether oxygens (including phenoxy) is 1. The van der Waals surface area contributed by atoms with Crippen LogP contribution in [0.25, 0.3) is 16.9 Å². The Morgan fingerprint density at radius 3 is 2.76 bits per heavy atom. The van der Waals surface area contributed by atoms with E-state index in [4.69, 9.17) is 14.8 Å². The first kappa shape index (κ1) is 24.1. The Balaban J connectivity index is 1.35. The van der Waals surface area contributed by atoms with E-state index in [1.807, 2.05) is 17.0 Å². The van der Waals surface area contributed by atoms with E-state index >= 15 is 4.39 Å². The first-order chi connectivity index (χ1) is 18.0. The summed E-state index contributed by atoms with van der Waals surface area (Å²) < 4.78 is 22.6. The number of hydrogen-bond donors (Lipinski definition) is 0. The third-order valence-electron chi connectivity index (χ3n) is 8.07. The fourth-order valence-electron chi connectivity index (χ4n) is 5.72. The Labute approximate surface area is 216 Å². The van der Waals surface area contributed by atoms with Gasteiger partial charge in [-0.1, -0.05) is 25.0 Å². The lowest BCUT2D eigenvalue weighted by atomic mass is 10.0. The van der Waals surface area contributed by atoms with Gasteiger partial charge in [0.2, 0.25) is 0 Å². The summed E-state index contributed by atoms with van der Waals surface area (Å²) in [5.41, 5.74) is 3.35. The summed E-state index contributed by atoms with van der Waals surface area (Å²) in [7, 11) is 0. The standard InChI is InChI=1S/C29H33FN4O3/c1-3-37-29(36)22-14-21(22)19-9-7-10-20(27(19)30)23-16-26-31-24(15-25(18-11-12-18)34(26)32-23)28(35)33-13-6-4-5-8-17(33)2/h7,9-10,15-18,21-22H,3-6,8,11-14H2,1-2H3/t17-,21-,22+/m1/s1. The van der Waals surface area contributed by atoms with Crippen molar-refractivity contribution in [2.75, 3.05) is 13.2 Å². The molecule has 2 aliphatic carbocycles. The molecule has 2 aromatic heterocycles. The SMILES string of the molecule is CCOC(=O)[C@H]1C[C@@H]1c1cccc(-c2cc3nc(C(=O)N4CCCCC[C@H]4C)cc(C4CC4)n3n2)c1F. The predicted molar refractivity (Wildman–Crippen MR) is 137 cm³/mol. The van der Waals surface area contributed by atoms with E-state index in [2.05, 4.69) is 6.92 Å². The minimum Gasteiger partial charge on any atom is -0.466 e. The van der Waals surface area contributed by atoms with Crippen LogP contribution >= 0.6 is 0 Å². The van der Waals surface area contributed by atoms with E-state index in [-0.39, 0.29) is 35.6 Å². The van der Waals surface area contributed by atoms with E-state index in [0.717, 1.165) is 50.8 Å². The molecule has 8 heteroatoms. The van der Waals surface area contributed by atoms with Crippen LogP contribution in [0.5, 0.6) is 0 Å². The Bertz CT molecular complexity index is 1360. The number of rotatable bonds is 6. The van der Waals surface area contributed by atoms with E-state index in [1.165, 1.54) is 0 Å². The van der Waals surface area contributed by atoms with Gasteiger partial charge in [-0.15, -0.1) is 0 Å². The van der Waals surface area contributed by atoms with Crippen molar-refractivity contribution < 1.29 is 18.7 Å². The second kappa shape index (κ2) is 9.54. The number of likely N-dealkylation sites (tertiary alicyclic amines) is 1. The highest BCUT2D eigenvalue weighted by Crippen LogP contribution is 2.50. The molecule has 37 heavy (non-hydrogen) atoms. The number of halogens is 1. The van der Waals surface area contributed by atoms with Gasteiger partial charge in [0.1, 0.15) is 11.5 Å². The lowest BCUT2D eigenvalue weighted by Gasteiger charge is -2.27. The van der Waals surface area contributed by atoms with Crippen molar-refractivity contribution >= 4 is 17.5 Å². The quantitative estimate of drug-likeness (QED) is 0.415. The predicted octanol–water partition coefficient (Wildman–Crippen LogP) is 5.48. The summed E-state index contributed by atoms with van der Waals surface area (Å²) in [6, 6.07) is 9.11. The van der Waals surface area contributed by atoms with E-state index in [9.17, 15) is 9.59 Å². The van der Waals surface area contributed by atoms with Gasteiger partial charge in [0, 0.05) is 41.7 Å². The van der Waals surface area contributed by atoms with Crippen LogP contribution in [0, 0.1) is 11.7 Å². The van der Waals surface area contributed by atoms with Gasteiger partial charge in [-0.3, -0.25) is 9.59 Å². The van der Waals surface area contributed by atoms with Crippen LogP contribution in [0.15, 0.2) is 30.3 Å². The topological polar surface area (TPSA) is 76.8 Å². The minimum atomic E-state index is -0.356. The first-order valence-corrected chi connectivity index (χ1v) is 13.6. The number of benzene rings is 1. The number of amides is 1. The van der Waals surface area contributed by atoms with Gasteiger partial charge in [-0.25, -0.2) is 13.9 Å². The number of nitrogens with zero attached hydrogens (tertiary/aromatic N) is 4. The smallest absolute Gasteiger partial charge is 0.309 e. The molecule has 1 saturated heterocycles. The number of fused-ring (bicyclic) bond motifs is 1. The van der Waals surface area contributed by atoms with Crippen molar-refractivity contribution in [2.24, 2.45) is 5.92 Å². The Hall–Kier alpha value is -3.29. The lowest BCUT2D eigenvalue weighted by Crippen LogP contribution is -2.38. The van der Waals surface area contributed by atoms with Crippen molar-refractivity contribution in [1.29, 1.82) is 0 Å². The molecule has 2 saturated carbocycles. The summed E-state index contributed by atoms with van der Waals surface area (Å²) in [5, 5.41) is 4.75. The second-order valence-electron chi connectivity index (χ2n) is 10.7. The summed E-state index contributed by atoms with van der Waals surface area (Å²) >= 11 is 0. The number of esters is 1. The average molecular weight is 505 g/mol. The lowest BCUT2D eigenvalue weighted by molar-refractivity contribution is -0.144. The zero-order chi connectivity index (χ0) is 25.7. The van der Waals surface area contributed by atoms with Crippen molar-refractivity contribution in [3.8, 4) is 11.3 Å². The largest absolute Gasteiger partial charge is 0.466 e. The zero-order valence-electron chi connectivity index (χ0n) is 21.5. The number of carbonyl (C=O) groups is 2. The first-order valence-electron chi connectivity index (χ1n) is 13.6. The number of carbonyl (C=O) groups excluding carboxylic acids is 2. The molecule has 6 rings (SSSR count). The maximum atomic E-state index is 15.7. The third kappa shape index (κ3) is 4.51. The number of aromatic nitrogens is 3. The molecular weight excluding hydrogens is 471 g/mol.